The molecule has 3 nitrogen and oxygen atoms in total. The predicted octanol–water partition coefficient (Wildman–Crippen LogP) is 0.469. The van der Waals surface area contributed by atoms with Crippen LogP contribution in [0.1, 0.15) is 6.42 Å². The molecule has 0 aromatic heterocycles. The Bertz CT molecular complexity index is 187. The molecule has 1 fully saturated rings. The largest absolute Gasteiger partial charge is 0.352 e. The Morgan fingerprint density at radius 2 is 2.70 bits per heavy atom. The second kappa shape index (κ2) is 2.64. The lowest BCUT2D eigenvalue weighted by Gasteiger charge is -2.23. The van der Waals surface area contributed by atoms with E-state index in [1.165, 1.54) is 4.91 Å². The zero-order valence-electron chi connectivity index (χ0n) is 5.50. The Morgan fingerprint density at radius 3 is 3.60 bits per heavy atom. The van der Waals surface area contributed by atoms with E-state index >= 15 is 0 Å². The lowest BCUT2D eigenvalue weighted by Crippen LogP contribution is -2.27. The molecule has 0 spiro atoms. The molecule has 1 saturated heterocycles. The highest BCUT2D eigenvalue weighted by Crippen LogP contribution is 2.25. The summed E-state index contributed by atoms with van der Waals surface area (Å²) in [5, 5.41) is 2.97. The summed E-state index contributed by atoms with van der Waals surface area (Å²) in [4.78, 5) is 5.59. The molecule has 0 amide bonds. The van der Waals surface area contributed by atoms with E-state index in [4.69, 9.17) is 0 Å². The van der Waals surface area contributed by atoms with Crippen LogP contribution in [-0.4, -0.2) is 18.9 Å². The predicted molar refractivity (Wildman–Crippen MR) is 43.7 cm³/mol. The van der Waals surface area contributed by atoms with Gasteiger partial charge >= 0.3 is 0 Å². The summed E-state index contributed by atoms with van der Waals surface area (Å²) < 4.78 is 3.22. The average Bonchev–Trinajstić information content (AvgIpc) is 2.05. The minimum atomic E-state index is 0.424. The molecule has 54 valence electrons. The first-order valence-corrected chi connectivity index (χ1v) is 4.16. The van der Waals surface area contributed by atoms with Crippen LogP contribution in [0.25, 0.3) is 0 Å². The van der Waals surface area contributed by atoms with Crippen LogP contribution in [-0.2, 0) is 0 Å². The summed E-state index contributed by atoms with van der Waals surface area (Å²) in [6, 6.07) is 0.424. The quantitative estimate of drug-likeness (QED) is 0.499. The first-order chi connectivity index (χ1) is 4.97. The zero-order valence-corrected chi connectivity index (χ0v) is 6.32. The highest BCUT2D eigenvalue weighted by Gasteiger charge is 2.19. The second-order valence-corrected chi connectivity index (χ2v) is 3.26. The molecule has 10 heavy (non-hydrogen) atoms. The van der Waals surface area contributed by atoms with E-state index in [0.717, 1.165) is 13.0 Å². The molecule has 0 bridgehead atoms. The Kier molecular flexibility index (Phi) is 1.65. The fraction of sp³-hybridized carbons (Fsp3) is 0.500. The number of rotatable bonds is 0. The van der Waals surface area contributed by atoms with Crippen LogP contribution in [0.15, 0.2) is 16.1 Å². The normalized spacial score (nSPS) is 30.4. The van der Waals surface area contributed by atoms with Gasteiger partial charge < -0.3 is 5.32 Å². The van der Waals surface area contributed by atoms with E-state index in [1.54, 1.807) is 18.3 Å². The fourth-order valence-corrected chi connectivity index (χ4v) is 1.89. The fourth-order valence-electron chi connectivity index (χ4n) is 1.07. The first-order valence-electron chi connectivity index (χ1n) is 3.34. The summed E-state index contributed by atoms with van der Waals surface area (Å²) in [5.74, 6) is 0. The Balaban J connectivity index is 2.13. The SMILES string of the molecule is C1=NC2CCNSC2=CN1. The van der Waals surface area contributed by atoms with Crippen LogP contribution in [0.4, 0.5) is 0 Å². The van der Waals surface area contributed by atoms with Crippen molar-refractivity contribution in [3.63, 3.8) is 0 Å². The van der Waals surface area contributed by atoms with Gasteiger partial charge in [-0.05, 0) is 18.4 Å². The molecule has 1 unspecified atom stereocenters. The highest BCUT2D eigenvalue weighted by molar-refractivity contribution is 8.01. The van der Waals surface area contributed by atoms with Crippen molar-refractivity contribution >= 4 is 18.3 Å². The molecule has 2 aliphatic rings. The van der Waals surface area contributed by atoms with E-state index in [0.29, 0.717) is 6.04 Å². The van der Waals surface area contributed by atoms with Gasteiger partial charge in [0.2, 0.25) is 0 Å². The zero-order chi connectivity index (χ0) is 6.81. The second-order valence-electron chi connectivity index (χ2n) is 2.29. The summed E-state index contributed by atoms with van der Waals surface area (Å²) in [6.45, 7) is 1.06. The van der Waals surface area contributed by atoms with Gasteiger partial charge in [0.1, 0.15) is 0 Å². The van der Waals surface area contributed by atoms with Gasteiger partial charge in [0.25, 0.3) is 0 Å². The van der Waals surface area contributed by atoms with Crippen molar-refractivity contribution in [1.29, 1.82) is 0 Å². The van der Waals surface area contributed by atoms with Crippen LogP contribution in [0.3, 0.4) is 0 Å². The van der Waals surface area contributed by atoms with Crippen molar-refractivity contribution in [1.82, 2.24) is 10.0 Å². The number of nitrogens with zero attached hydrogens (tertiary/aromatic N) is 1. The number of nitrogens with one attached hydrogen (secondary N) is 2. The maximum atomic E-state index is 4.29. The highest BCUT2D eigenvalue weighted by atomic mass is 32.2. The van der Waals surface area contributed by atoms with E-state index in [9.17, 15) is 0 Å². The first kappa shape index (κ1) is 6.24. The molecule has 4 heteroatoms. The average molecular weight is 155 g/mol. The minimum Gasteiger partial charge on any atom is -0.352 e. The lowest BCUT2D eigenvalue weighted by atomic mass is 10.2. The third-order valence-corrected chi connectivity index (χ3v) is 2.57. The molecular formula is C6H9N3S. The van der Waals surface area contributed by atoms with Crippen molar-refractivity contribution in [2.45, 2.75) is 12.5 Å². The van der Waals surface area contributed by atoms with E-state index in [-0.39, 0.29) is 0 Å². The molecule has 2 heterocycles. The molecule has 2 rings (SSSR count). The Labute approximate surface area is 64.1 Å². The smallest absolute Gasteiger partial charge is 0.0871 e. The van der Waals surface area contributed by atoms with Gasteiger partial charge in [-0.25, -0.2) is 0 Å². The van der Waals surface area contributed by atoms with Crippen LogP contribution >= 0.6 is 11.9 Å². The Morgan fingerprint density at radius 1 is 1.70 bits per heavy atom. The van der Waals surface area contributed by atoms with Crippen molar-refractivity contribution in [2.75, 3.05) is 6.54 Å². The third-order valence-electron chi connectivity index (χ3n) is 1.59. The number of aliphatic imine (C=N–C) groups is 1. The summed E-state index contributed by atoms with van der Waals surface area (Å²) >= 11 is 1.68. The molecular weight excluding hydrogens is 146 g/mol. The molecule has 2 aliphatic heterocycles. The molecule has 0 aliphatic carbocycles. The van der Waals surface area contributed by atoms with Gasteiger partial charge in [-0.2, -0.15) is 0 Å². The number of fused-ring (bicyclic) bond motifs is 1. The number of hydrogen-bond acceptors (Lipinski definition) is 4. The third kappa shape index (κ3) is 1.04. The van der Waals surface area contributed by atoms with E-state index in [2.05, 4.69) is 15.0 Å². The minimum absolute atomic E-state index is 0.424. The van der Waals surface area contributed by atoms with E-state index < -0.39 is 0 Å². The van der Waals surface area contributed by atoms with Crippen LogP contribution in [0.2, 0.25) is 0 Å². The Hall–Kier alpha value is -0.480. The van der Waals surface area contributed by atoms with Crippen LogP contribution in [0, 0.1) is 0 Å². The number of hydrogen-bond donors (Lipinski definition) is 2. The summed E-state index contributed by atoms with van der Waals surface area (Å²) in [7, 11) is 0. The van der Waals surface area contributed by atoms with Gasteiger partial charge in [0.15, 0.2) is 0 Å². The summed E-state index contributed by atoms with van der Waals surface area (Å²) in [6.07, 6.45) is 4.89. The maximum Gasteiger partial charge on any atom is 0.0871 e. The molecule has 0 aromatic rings. The lowest BCUT2D eigenvalue weighted by molar-refractivity contribution is 0.678. The molecule has 1 atom stereocenters. The van der Waals surface area contributed by atoms with Gasteiger partial charge in [0.05, 0.1) is 12.4 Å². The van der Waals surface area contributed by atoms with Gasteiger partial charge in [-0.1, -0.05) is 0 Å². The van der Waals surface area contributed by atoms with E-state index in [1.807, 2.05) is 6.20 Å². The van der Waals surface area contributed by atoms with Gasteiger partial charge in [-0.15, -0.1) is 0 Å². The maximum absolute atomic E-state index is 4.29. The van der Waals surface area contributed by atoms with Gasteiger partial charge in [-0.3, -0.25) is 9.71 Å². The van der Waals surface area contributed by atoms with Crippen LogP contribution in [0.5, 0.6) is 0 Å². The van der Waals surface area contributed by atoms with Crippen molar-refractivity contribution in [3.8, 4) is 0 Å². The molecule has 0 aromatic carbocycles. The molecule has 0 radical (unpaired) electrons. The standard InChI is InChI=1S/C6H9N3S/c1-2-9-10-6-3-7-4-8-5(1)6/h3-5,9H,1-2H2,(H,7,8). The van der Waals surface area contributed by atoms with Crippen molar-refractivity contribution in [3.05, 3.63) is 11.1 Å². The molecule has 0 saturated carbocycles. The molecule has 2 N–H and O–H groups in total. The monoisotopic (exact) mass is 155 g/mol. The van der Waals surface area contributed by atoms with Gasteiger partial charge in [0, 0.05) is 17.6 Å². The summed E-state index contributed by atoms with van der Waals surface area (Å²) in [5.41, 5.74) is 0. The van der Waals surface area contributed by atoms with Crippen LogP contribution < -0.4 is 10.0 Å². The van der Waals surface area contributed by atoms with Crippen molar-refractivity contribution < 1.29 is 0 Å². The topological polar surface area (TPSA) is 36.4 Å². The van der Waals surface area contributed by atoms with Crippen molar-refractivity contribution in [2.24, 2.45) is 4.99 Å².